The highest BCUT2D eigenvalue weighted by molar-refractivity contribution is 5.99. The number of halogens is 5. The van der Waals surface area contributed by atoms with Gasteiger partial charge in [-0.15, -0.1) is 12.8 Å². The van der Waals surface area contributed by atoms with Crippen LogP contribution >= 0.6 is 0 Å². The number of fused-ring (bicyclic) bond motifs is 9. The monoisotopic (exact) mass is 696 g/mol. The van der Waals surface area contributed by atoms with Crippen molar-refractivity contribution in [3.63, 3.8) is 0 Å². The van der Waals surface area contributed by atoms with Gasteiger partial charge in [0.25, 0.3) is 0 Å². The smallest absolute Gasteiger partial charge is 0.208 e. The van der Waals surface area contributed by atoms with Crippen LogP contribution in [0.15, 0.2) is 85.5 Å². The van der Waals surface area contributed by atoms with E-state index < -0.39 is 34.6 Å². The molecule has 252 valence electrons. The lowest BCUT2D eigenvalue weighted by molar-refractivity contribution is -0.684. The van der Waals surface area contributed by atoms with Gasteiger partial charge in [0, 0.05) is 63.0 Å². The Bertz CT molecular complexity index is 2780. The van der Waals surface area contributed by atoms with Crippen LogP contribution in [-0.4, -0.2) is 19.9 Å². The van der Waals surface area contributed by atoms with Gasteiger partial charge in [-0.3, -0.25) is 0 Å². The molecule has 8 bridgehead atoms. The molecule has 0 atom stereocenters. The number of benzene rings is 1. The van der Waals surface area contributed by atoms with E-state index in [4.69, 9.17) is 17.8 Å². The summed E-state index contributed by atoms with van der Waals surface area (Å²) in [5.41, 5.74) is 5.10. The first-order valence-electron chi connectivity index (χ1n) is 16.0. The maximum Gasteiger partial charge on any atom is 0.208 e. The minimum atomic E-state index is -2.26. The number of nitrogens with one attached hydrogen (secondary N) is 3. The molecule has 7 heterocycles. The molecule has 0 aliphatic carbocycles. The quantitative estimate of drug-likeness (QED) is 0.0549. The third-order valence-corrected chi connectivity index (χ3v) is 8.94. The second-order valence-electron chi connectivity index (χ2n) is 12.1. The zero-order valence-corrected chi connectivity index (χ0v) is 27.0. The second kappa shape index (κ2) is 12.7. The van der Waals surface area contributed by atoms with Crippen LogP contribution in [0.5, 0.6) is 0 Å². The van der Waals surface area contributed by atoms with E-state index in [1.807, 2.05) is 82.5 Å². The molecule has 0 unspecified atom stereocenters. The molecule has 1 aromatic carbocycles. The second-order valence-corrected chi connectivity index (χ2v) is 12.1. The molecule has 6 nitrogen and oxygen atoms in total. The number of H-pyrrole nitrogens is 3. The topological polar surface area (TPSA) is 68.0 Å². The van der Waals surface area contributed by atoms with Gasteiger partial charge >= 0.3 is 0 Å². The predicted molar refractivity (Wildman–Crippen MR) is 189 cm³/mol. The van der Waals surface area contributed by atoms with E-state index in [0.29, 0.717) is 46.5 Å². The summed E-state index contributed by atoms with van der Waals surface area (Å²) < 4.78 is 79.0. The van der Waals surface area contributed by atoms with Gasteiger partial charge in [-0.1, -0.05) is 0 Å². The average molecular weight is 697 g/mol. The van der Waals surface area contributed by atoms with E-state index in [9.17, 15) is 13.2 Å². The van der Waals surface area contributed by atoms with Crippen molar-refractivity contribution in [1.82, 2.24) is 19.9 Å². The van der Waals surface area contributed by atoms with Crippen LogP contribution in [0.2, 0.25) is 0 Å². The molecule has 11 heteroatoms. The number of hydrogen-bond acceptors (Lipinski definition) is 1. The largest absolute Gasteiger partial charge is 0.354 e. The fourth-order valence-corrected chi connectivity index (χ4v) is 6.52. The van der Waals surface area contributed by atoms with Crippen molar-refractivity contribution in [1.29, 1.82) is 0 Å². The summed E-state index contributed by atoms with van der Waals surface area (Å²) in [6, 6.07) is 18.2. The van der Waals surface area contributed by atoms with Crippen LogP contribution in [-0.2, 0) is 13.1 Å². The van der Waals surface area contributed by atoms with Gasteiger partial charge in [-0.05, 0) is 71.5 Å². The Labute approximate surface area is 292 Å². The summed E-state index contributed by atoms with van der Waals surface area (Å²) in [4.78, 5) is 14.9. The summed E-state index contributed by atoms with van der Waals surface area (Å²) in [6.07, 6.45) is 21.4. The molecule has 0 saturated heterocycles. The van der Waals surface area contributed by atoms with Crippen LogP contribution in [0.3, 0.4) is 0 Å². The molecule has 0 amide bonds. The first-order valence-corrected chi connectivity index (χ1v) is 16.0. The maximum absolute atomic E-state index is 15.7. The van der Waals surface area contributed by atoms with Crippen LogP contribution in [0.1, 0.15) is 11.4 Å². The van der Waals surface area contributed by atoms with Crippen molar-refractivity contribution in [2.75, 3.05) is 0 Å². The molecular weight excluding hydrogens is 671 g/mol. The van der Waals surface area contributed by atoms with Crippen LogP contribution < -0.4 is 9.13 Å². The molecular formula is C41H25F5N6+2. The van der Waals surface area contributed by atoms with Gasteiger partial charge in [0.05, 0.1) is 28.0 Å². The Kier molecular flexibility index (Phi) is 7.89. The number of rotatable bonds is 5. The zero-order chi connectivity index (χ0) is 36.1. The van der Waals surface area contributed by atoms with E-state index in [0.717, 1.165) is 22.2 Å². The van der Waals surface area contributed by atoms with Crippen molar-refractivity contribution in [3.8, 4) is 58.1 Å². The number of nitrogens with zero attached hydrogens (tertiary/aromatic N) is 3. The number of aromatic amines is 3. The molecule has 0 saturated carbocycles. The first-order chi connectivity index (χ1) is 25.2. The summed E-state index contributed by atoms with van der Waals surface area (Å²) in [6.45, 7) is 0.702. The summed E-state index contributed by atoms with van der Waals surface area (Å²) >= 11 is 0. The van der Waals surface area contributed by atoms with Crippen molar-refractivity contribution in [2.45, 2.75) is 13.1 Å². The lowest BCUT2D eigenvalue weighted by atomic mass is 10.0. The van der Waals surface area contributed by atoms with Gasteiger partial charge in [0.2, 0.25) is 18.9 Å². The summed E-state index contributed by atoms with van der Waals surface area (Å²) in [5, 5.41) is 0. The summed E-state index contributed by atoms with van der Waals surface area (Å²) in [7, 11) is 0. The highest BCUT2D eigenvalue weighted by atomic mass is 19.2. The van der Waals surface area contributed by atoms with Crippen molar-refractivity contribution < 1.29 is 31.1 Å². The molecule has 7 aromatic rings. The van der Waals surface area contributed by atoms with Gasteiger partial charge in [-0.2, -0.15) is 9.13 Å². The first kappa shape index (κ1) is 32.2. The number of terminal acetylenes is 2. The standard InChI is InChI=1S/C41H23F5N6/c1-3-17-51-19-13-23(14-20-51)33-27-7-5-25(47-27)26-6-8-28(48-26)34(24-15-21-52(18-4-2)22-16-24)30-10-12-32(50-30)35(31-11-9-29(33)49-31)36-37(42)39(44)41(46)40(45)38(36)43/h1-2,5-16,19-22H,17-18H2,(H,49,50)/p+2. The number of aromatic nitrogens is 6. The number of hydrogen-bond donors (Lipinski definition) is 3. The molecule has 6 aromatic heterocycles. The average Bonchev–Trinajstić information content (AvgIpc) is 3.99. The van der Waals surface area contributed by atoms with E-state index >= 15 is 8.78 Å². The van der Waals surface area contributed by atoms with Crippen LogP contribution in [0.25, 0.3) is 78.6 Å². The molecule has 1 aliphatic rings. The highest BCUT2D eigenvalue weighted by Crippen LogP contribution is 2.39. The molecule has 52 heavy (non-hydrogen) atoms. The Morgan fingerprint density at radius 1 is 0.462 bits per heavy atom. The fourth-order valence-electron chi connectivity index (χ4n) is 6.52. The summed E-state index contributed by atoms with van der Waals surface area (Å²) in [5.74, 6) is -5.17. The molecule has 1 aliphatic heterocycles. The minimum Gasteiger partial charge on any atom is -0.354 e. The van der Waals surface area contributed by atoms with Crippen molar-refractivity contribution in [2.24, 2.45) is 0 Å². The Hall–Kier alpha value is -6.98. The van der Waals surface area contributed by atoms with E-state index in [-0.39, 0.29) is 16.8 Å². The lowest BCUT2D eigenvalue weighted by Crippen LogP contribution is -2.31. The van der Waals surface area contributed by atoms with Gasteiger partial charge < -0.3 is 15.0 Å². The van der Waals surface area contributed by atoms with Crippen LogP contribution in [0, 0.1) is 53.8 Å². The Morgan fingerprint density at radius 2 is 0.827 bits per heavy atom. The normalized spacial score (nSPS) is 11.6. The van der Waals surface area contributed by atoms with Gasteiger partial charge in [0.1, 0.15) is 0 Å². The maximum atomic E-state index is 15.7. The molecule has 8 rings (SSSR count). The Balaban J connectivity index is 1.54. The van der Waals surface area contributed by atoms with E-state index in [2.05, 4.69) is 26.8 Å². The molecule has 3 N–H and O–H groups in total. The zero-order valence-electron chi connectivity index (χ0n) is 27.0. The van der Waals surface area contributed by atoms with E-state index in [1.54, 1.807) is 12.1 Å². The van der Waals surface area contributed by atoms with Crippen LogP contribution in [0.4, 0.5) is 22.0 Å². The third-order valence-electron chi connectivity index (χ3n) is 8.94. The minimum absolute atomic E-state index is 0.0257. The van der Waals surface area contributed by atoms with Crippen molar-refractivity contribution in [3.05, 3.63) is 126 Å². The van der Waals surface area contributed by atoms with Crippen molar-refractivity contribution >= 4 is 45.3 Å². The van der Waals surface area contributed by atoms with E-state index in [1.165, 1.54) is 12.1 Å². The fraction of sp³-hybridized carbons (Fsp3) is 0.0488. The predicted octanol–water partition coefficient (Wildman–Crippen LogP) is 8.23. The lowest BCUT2D eigenvalue weighted by Gasteiger charge is -2.10. The molecule has 0 spiro atoms. The number of pyridine rings is 2. The molecule has 0 radical (unpaired) electrons. The Morgan fingerprint density at radius 3 is 1.31 bits per heavy atom. The highest BCUT2D eigenvalue weighted by Gasteiger charge is 2.29. The SMILES string of the molecule is C#CC[n+]1ccc(-c2c3nc(c(-c4c(F)c(F)c(F)c(F)c4F)c4ccc([nH]4)c(-c4cc[n+](CC#C)cc4)c4ccc([nH]4)c4ccc2[nH]4)C=C3)cc1. The van der Waals surface area contributed by atoms with Gasteiger partial charge in [-0.25, -0.2) is 26.9 Å². The van der Waals surface area contributed by atoms with Gasteiger partial charge in [0.15, 0.2) is 48.1 Å². The third kappa shape index (κ3) is 5.36. The molecule has 0 fully saturated rings.